The molecule has 2 heterocycles. The number of carbonyl (C=O) groups is 1. The van der Waals surface area contributed by atoms with Crippen molar-refractivity contribution in [3.05, 3.63) is 45.9 Å². The summed E-state index contributed by atoms with van der Waals surface area (Å²) in [5, 5.41) is 3.12. The molecule has 0 radical (unpaired) electrons. The molecule has 1 aromatic heterocycles. The molecule has 28 heavy (non-hydrogen) atoms. The van der Waals surface area contributed by atoms with Crippen LogP contribution in [0.4, 0.5) is 0 Å². The zero-order valence-corrected chi connectivity index (χ0v) is 17.7. The summed E-state index contributed by atoms with van der Waals surface area (Å²) >= 11 is 1.65. The molecule has 1 aliphatic heterocycles. The summed E-state index contributed by atoms with van der Waals surface area (Å²) in [6.07, 6.45) is 0. The van der Waals surface area contributed by atoms with Gasteiger partial charge in [-0.1, -0.05) is 26.0 Å². The second kappa shape index (κ2) is 10.0. The molecule has 1 amide bonds. The van der Waals surface area contributed by atoms with Crippen LogP contribution < -0.4 is 4.74 Å². The van der Waals surface area contributed by atoms with Crippen molar-refractivity contribution in [2.45, 2.75) is 32.9 Å². The van der Waals surface area contributed by atoms with Gasteiger partial charge in [0.2, 0.25) is 0 Å². The van der Waals surface area contributed by atoms with Crippen LogP contribution in [0, 0.1) is 0 Å². The summed E-state index contributed by atoms with van der Waals surface area (Å²) in [4.78, 5) is 21.1. The predicted octanol–water partition coefficient (Wildman–Crippen LogP) is 3.14. The Morgan fingerprint density at radius 2 is 2.14 bits per heavy atom. The largest absolute Gasteiger partial charge is 0.484 e. The van der Waals surface area contributed by atoms with E-state index in [1.54, 1.807) is 23.3 Å². The highest BCUT2D eigenvalue weighted by molar-refractivity contribution is 7.09. The highest BCUT2D eigenvalue weighted by Crippen LogP contribution is 2.20. The van der Waals surface area contributed by atoms with Crippen LogP contribution in [0.5, 0.6) is 5.75 Å². The van der Waals surface area contributed by atoms with E-state index in [-0.39, 0.29) is 12.5 Å². The summed E-state index contributed by atoms with van der Waals surface area (Å²) in [5.41, 5.74) is 2.12. The Bertz CT molecular complexity index is 772. The number of hydrogen-bond donors (Lipinski definition) is 0. The first-order valence-electron chi connectivity index (χ1n) is 9.71. The Hall–Kier alpha value is -1.96. The maximum absolute atomic E-state index is 12.4. The van der Waals surface area contributed by atoms with Gasteiger partial charge in [0.25, 0.3) is 5.91 Å². The fourth-order valence-corrected chi connectivity index (χ4v) is 3.82. The molecule has 1 aliphatic rings. The molecule has 0 spiro atoms. The van der Waals surface area contributed by atoms with Crippen LogP contribution in [-0.2, 0) is 22.6 Å². The van der Waals surface area contributed by atoms with Crippen LogP contribution in [0.2, 0.25) is 0 Å². The Labute approximate surface area is 171 Å². The first kappa shape index (κ1) is 20.8. The van der Waals surface area contributed by atoms with Crippen LogP contribution in [0.3, 0.4) is 0 Å². The van der Waals surface area contributed by atoms with Gasteiger partial charge >= 0.3 is 0 Å². The van der Waals surface area contributed by atoms with Crippen LogP contribution in [0.25, 0.3) is 0 Å². The van der Waals surface area contributed by atoms with Gasteiger partial charge in [-0.2, -0.15) is 0 Å². The van der Waals surface area contributed by atoms with E-state index < -0.39 is 0 Å². The fraction of sp³-hybridized carbons (Fsp3) is 0.524. The minimum atomic E-state index is -0.0577. The Morgan fingerprint density at radius 3 is 2.89 bits per heavy atom. The fourth-order valence-electron chi connectivity index (χ4n) is 2.99. The molecule has 3 rings (SSSR count). The number of likely N-dealkylation sites (N-methyl/N-ethyl adjacent to an activating group) is 1. The van der Waals surface area contributed by atoms with Gasteiger partial charge in [-0.3, -0.25) is 9.69 Å². The minimum absolute atomic E-state index is 0.0306. The van der Waals surface area contributed by atoms with Gasteiger partial charge in [-0.15, -0.1) is 11.3 Å². The average Bonchev–Trinajstić information content (AvgIpc) is 3.13. The highest BCUT2D eigenvalue weighted by Gasteiger charge is 2.15. The van der Waals surface area contributed by atoms with Crippen LogP contribution in [-0.4, -0.2) is 60.6 Å². The lowest BCUT2D eigenvalue weighted by Crippen LogP contribution is -2.35. The maximum Gasteiger partial charge on any atom is 0.260 e. The molecule has 6 nitrogen and oxygen atoms in total. The van der Waals surface area contributed by atoms with Gasteiger partial charge in [0.05, 0.1) is 32.0 Å². The number of rotatable bonds is 8. The van der Waals surface area contributed by atoms with Crippen LogP contribution >= 0.6 is 11.3 Å². The molecule has 0 unspecified atom stereocenters. The molecule has 0 saturated carbocycles. The molecule has 7 heteroatoms. The second-order valence-corrected chi connectivity index (χ2v) is 8.33. The number of thiazole rings is 1. The normalized spacial score (nSPS) is 15.0. The van der Waals surface area contributed by atoms with E-state index in [2.05, 4.69) is 29.8 Å². The molecule has 2 aromatic rings. The SMILES string of the molecule is CC(C)c1cccc(OCC(=O)N(C)Cc2csc(CN3CCOCC3)n2)c1. The van der Waals surface area contributed by atoms with Crippen molar-refractivity contribution in [1.29, 1.82) is 0 Å². The van der Waals surface area contributed by atoms with Crippen molar-refractivity contribution in [3.8, 4) is 5.75 Å². The van der Waals surface area contributed by atoms with E-state index in [0.29, 0.717) is 12.5 Å². The smallest absolute Gasteiger partial charge is 0.260 e. The highest BCUT2D eigenvalue weighted by atomic mass is 32.1. The standard InChI is InChI=1S/C21H29N3O3S/c1-16(2)17-5-4-6-19(11-17)27-14-21(25)23(3)12-18-15-28-20(22-18)13-24-7-9-26-10-8-24/h4-6,11,15-16H,7-10,12-14H2,1-3H3. The lowest BCUT2D eigenvalue weighted by molar-refractivity contribution is -0.132. The van der Waals surface area contributed by atoms with Crippen molar-refractivity contribution in [3.63, 3.8) is 0 Å². The third kappa shape index (κ3) is 6.02. The van der Waals surface area contributed by atoms with Gasteiger partial charge in [0.15, 0.2) is 6.61 Å². The summed E-state index contributed by atoms with van der Waals surface area (Å²) in [7, 11) is 1.79. The number of morpholine rings is 1. The van der Waals surface area contributed by atoms with E-state index in [9.17, 15) is 4.79 Å². The Kier molecular flexibility index (Phi) is 7.42. The lowest BCUT2D eigenvalue weighted by Gasteiger charge is -2.25. The lowest BCUT2D eigenvalue weighted by atomic mass is 10.0. The van der Waals surface area contributed by atoms with Crippen LogP contribution in [0.1, 0.15) is 36.0 Å². The van der Waals surface area contributed by atoms with E-state index >= 15 is 0 Å². The summed E-state index contributed by atoms with van der Waals surface area (Å²) in [5.74, 6) is 1.10. The third-order valence-electron chi connectivity index (χ3n) is 4.77. The van der Waals surface area contributed by atoms with Gasteiger partial charge in [-0.25, -0.2) is 4.98 Å². The summed E-state index contributed by atoms with van der Waals surface area (Å²) < 4.78 is 11.1. The zero-order chi connectivity index (χ0) is 19.9. The van der Waals surface area contributed by atoms with E-state index in [1.165, 1.54) is 5.56 Å². The second-order valence-electron chi connectivity index (χ2n) is 7.39. The summed E-state index contributed by atoms with van der Waals surface area (Å²) in [6.45, 7) is 9.12. The summed E-state index contributed by atoms with van der Waals surface area (Å²) in [6, 6.07) is 7.92. The average molecular weight is 404 g/mol. The minimum Gasteiger partial charge on any atom is -0.484 e. The number of aromatic nitrogens is 1. The van der Waals surface area contributed by atoms with Crippen LogP contribution in [0.15, 0.2) is 29.6 Å². The number of benzene rings is 1. The first-order valence-corrected chi connectivity index (χ1v) is 10.6. The van der Waals surface area contributed by atoms with E-state index in [1.807, 2.05) is 23.6 Å². The Morgan fingerprint density at radius 1 is 1.36 bits per heavy atom. The molecule has 1 aromatic carbocycles. The number of hydrogen-bond acceptors (Lipinski definition) is 6. The quantitative estimate of drug-likeness (QED) is 0.678. The van der Waals surface area contributed by atoms with E-state index in [0.717, 1.165) is 49.3 Å². The van der Waals surface area contributed by atoms with Gasteiger partial charge in [-0.05, 0) is 23.6 Å². The zero-order valence-electron chi connectivity index (χ0n) is 16.9. The third-order valence-corrected chi connectivity index (χ3v) is 5.66. The predicted molar refractivity (Wildman–Crippen MR) is 111 cm³/mol. The molecule has 1 fully saturated rings. The van der Waals surface area contributed by atoms with Crippen molar-refractivity contribution in [1.82, 2.24) is 14.8 Å². The maximum atomic E-state index is 12.4. The topological polar surface area (TPSA) is 54.9 Å². The molecule has 0 N–H and O–H groups in total. The van der Waals surface area contributed by atoms with Crippen molar-refractivity contribution in [2.24, 2.45) is 0 Å². The number of carbonyl (C=O) groups excluding carboxylic acids is 1. The number of amides is 1. The van der Waals surface area contributed by atoms with Crippen molar-refractivity contribution < 1.29 is 14.3 Å². The first-order chi connectivity index (χ1) is 13.5. The molecule has 0 bridgehead atoms. The number of nitrogens with zero attached hydrogens (tertiary/aromatic N) is 3. The van der Waals surface area contributed by atoms with Gasteiger partial charge in [0, 0.05) is 25.5 Å². The molecule has 152 valence electrons. The molecule has 0 aliphatic carbocycles. The molecular weight excluding hydrogens is 374 g/mol. The number of ether oxygens (including phenoxy) is 2. The molecular formula is C21H29N3O3S. The van der Waals surface area contributed by atoms with Crippen molar-refractivity contribution in [2.75, 3.05) is 40.0 Å². The van der Waals surface area contributed by atoms with Gasteiger partial charge < -0.3 is 14.4 Å². The molecule has 0 atom stereocenters. The van der Waals surface area contributed by atoms with Crippen molar-refractivity contribution >= 4 is 17.2 Å². The van der Waals surface area contributed by atoms with E-state index in [4.69, 9.17) is 9.47 Å². The van der Waals surface area contributed by atoms with Gasteiger partial charge in [0.1, 0.15) is 10.8 Å². The molecule has 1 saturated heterocycles. The Balaban J connectivity index is 1.47. The monoisotopic (exact) mass is 403 g/mol.